The Morgan fingerprint density at radius 2 is 1.91 bits per heavy atom. The van der Waals surface area contributed by atoms with Gasteiger partial charge in [0.1, 0.15) is 30.0 Å². The molecule has 3 heterocycles. The summed E-state index contributed by atoms with van der Waals surface area (Å²) in [5, 5.41) is 1.03. The molecule has 8 nitrogen and oxygen atoms in total. The number of likely N-dealkylation sites (tertiary alicyclic amines) is 1. The van der Waals surface area contributed by atoms with Crippen LogP contribution in [0.2, 0.25) is 0 Å². The largest absolute Gasteiger partial charge is 0.490 e. The number of hydrogen-bond acceptors (Lipinski definition) is 7. The molecule has 2 atom stereocenters. The molecule has 2 fully saturated rings. The Hall–Kier alpha value is -3.89. The highest BCUT2D eigenvalue weighted by Gasteiger charge is 2.26. The molecular weight excluding hydrogens is 561 g/mol. The van der Waals surface area contributed by atoms with Crippen LogP contribution < -0.4 is 14.8 Å². The fraction of sp³-hybridized carbons (Fsp3) is 0.353. The third kappa shape index (κ3) is 6.86. The molecule has 0 amide bonds. The number of terminal acetylenes is 1. The van der Waals surface area contributed by atoms with Crippen molar-refractivity contribution < 1.29 is 23.7 Å². The van der Waals surface area contributed by atoms with Gasteiger partial charge in [0.2, 0.25) is 0 Å². The normalized spacial score (nSPS) is 17.3. The van der Waals surface area contributed by atoms with Crippen LogP contribution in [0.1, 0.15) is 46.6 Å². The van der Waals surface area contributed by atoms with Gasteiger partial charge in [-0.1, -0.05) is 18.1 Å². The predicted octanol–water partition coefficient (Wildman–Crippen LogP) is 4.72. The summed E-state index contributed by atoms with van der Waals surface area (Å²) in [6, 6.07) is 19.3. The minimum atomic E-state index is -0.347. The van der Waals surface area contributed by atoms with Crippen LogP contribution in [0.5, 0.6) is 11.5 Å². The fourth-order valence-corrected chi connectivity index (χ4v) is 5.93. The standard InChI is InChI=1S/C34H36N3O5P/c1-3-23-7-8-25(32(43)17-23)22-41-27-5-4-6-28(19-27)42-26-11-14-36(15-12-26)21-33-35-30-10-9-24(34(38)39-2)18-31(30)37(33)20-29-13-16-40-29/h1,4-10,17-19,26,29H,11-16,20-22,43H2,2H3/t29-/m0/s1. The minimum absolute atomic E-state index is 0.131. The smallest absolute Gasteiger partial charge is 0.337 e. The number of rotatable bonds is 10. The molecule has 2 saturated heterocycles. The predicted molar refractivity (Wildman–Crippen MR) is 169 cm³/mol. The summed E-state index contributed by atoms with van der Waals surface area (Å²) in [6.07, 6.45) is 8.67. The summed E-state index contributed by atoms with van der Waals surface area (Å²) < 4.78 is 25.3. The Morgan fingerprint density at radius 1 is 1.09 bits per heavy atom. The van der Waals surface area contributed by atoms with Crippen molar-refractivity contribution in [1.29, 1.82) is 0 Å². The van der Waals surface area contributed by atoms with E-state index in [9.17, 15) is 4.79 Å². The van der Waals surface area contributed by atoms with Gasteiger partial charge in [0.15, 0.2) is 0 Å². The summed E-state index contributed by atoms with van der Waals surface area (Å²) in [7, 11) is 4.13. The van der Waals surface area contributed by atoms with Crippen LogP contribution in [-0.4, -0.2) is 59.4 Å². The van der Waals surface area contributed by atoms with E-state index in [4.69, 9.17) is 30.4 Å². The van der Waals surface area contributed by atoms with Gasteiger partial charge < -0.3 is 23.5 Å². The van der Waals surface area contributed by atoms with E-state index in [1.807, 2.05) is 54.6 Å². The van der Waals surface area contributed by atoms with E-state index in [0.29, 0.717) is 12.2 Å². The van der Waals surface area contributed by atoms with Crippen LogP contribution in [0.3, 0.4) is 0 Å². The number of nitrogens with zero attached hydrogens (tertiary/aromatic N) is 3. The molecule has 0 spiro atoms. The van der Waals surface area contributed by atoms with E-state index >= 15 is 0 Å². The van der Waals surface area contributed by atoms with Gasteiger partial charge in [-0.25, -0.2) is 9.78 Å². The summed E-state index contributed by atoms with van der Waals surface area (Å²) in [4.78, 5) is 19.6. The number of aromatic nitrogens is 2. The van der Waals surface area contributed by atoms with Gasteiger partial charge in [-0.15, -0.1) is 15.7 Å². The van der Waals surface area contributed by atoms with E-state index in [-0.39, 0.29) is 18.2 Å². The number of piperidine rings is 1. The van der Waals surface area contributed by atoms with Crippen molar-refractivity contribution in [3.05, 3.63) is 83.2 Å². The third-order valence-electron chi connectivity index (χ3n) is 8.14. The summed E-state index contributed by atoms with van der Waals surface area (Å²) in [6.45, 7) is 4.51. The van der Waals surface area contributed by atoms with E-state index in [2.05, 4.69) is 24.6 Å². The average molecular weight is 598 g/mol. The van der Waals surface area contributed by atoms with Gasteiger partial charge in [-0.3, -0.25) is 4.90 Å². The second-order valence-corrected chi connectivity index (χ2v) is 11.7. The van der Waals surface area contributed by atoms with E-state index < -0.39 is 0 Å². The lowest BCUT2D eigenvalue weighted by Gasteiger charge is -2.32. The maximum Gasteiger partial charge on any atom is 0.337 e. The first-order valence-corrected chi connectivity index (χ1v) is 15.2. The molecule has 0 saturated carbocycles. The second-order valence-electron chi connectivity index (χ2n) is 11.0. The maximum atomic E-state index is 12.2. The number of hydrogen-bond donors (Lipinski definition) is 0. The van der Waals surface area contributed by atoms with E-state index in [1.54, 1.807) is 6.07 Å². The van der Waals surface area contributed by atoms with Crippen LogP contribution in [0.15, 0.2) is 60.7 Å². The van der Waals surface area contributed by atoms with Crippen molar-refractivity contribution in [3.63, 3.8) is 0 Å². The van der Waals surface area contributed by atoms with Gasteiger partial charge in [-0.05, 0) is 72.6 Å². The van der Waals surface area contributed by atoms with Gasteiger partial charge in [0, 0.05) is 31.3 Å². The Balaban J connectivity index is 1.06. The Kier molecular flexibility index (Phi) is 8.95. The molecular formula is C34H36N3O5P. The van der Waals surface area contributed by atoms with Crippen LogP contribution >= 0.6 is 9.24 Å². The lowest BCUT2D eigenvalue weighted by atomic mass is 10.1. The monoisotopic (exact) mass is 597 g/mol. The van der Waals surface area contributed by atoms with Crippen molar-refractivity contribution in [2.45, 2.75) is 51.2 Å². The first kappa shape index (κ1) is 29.2. The number of fused-ring (bicyclic) bond motifs is 1. The Labute approximate surface area is 254 Å². The molecule has 9 heteroatoms. The topological polar surface area (TPSA) is 75.0 Å². The molecule has 43 heavy (non-hydrogen) atoms. The molecule has 0 aliphatic carbocycles. The van der Waals surface area contributed by atoms with Gasteiger partial charge in [0.05, 0.1) is 42.9 Å². The van der Waals surface area contributed by atoms with Crippen LogP contribution in [-0.2, 0) is 29.2 Å². The SMILES string of the molecule is C#Cc1ccc(COc2cccc(OC3CCN(Cc4nc5ccc(C(=O)OC)cc5n4C[C@@H]4CCO4)CC3)c2)c(P)c1. The summed E-state index contributed by atoms with van der Waals surface area (Å²) >= 11 is 0. The first-order valence-electron chi connectivity index (χ1n) is 14.6. The number of ether oxygens (including phenoxy) is 4. The summed E-state index contributed by atoms with van der Waals surface area (Å²) in [5.41, 5.74) is 4.26. The molecule has 1 unspecified atom stereocenters. The van der Waals surface area contributed by atoms with Crippen LogP contribution in [0, 0.1) is 12.3 Å². The molecule has 3 aromatic carbocycles. The fourth-order valence-electron chi connectivity index (χ4n) is 5.57. The highest BCUT2D eigenvalue weighted by Crippen LogP contribution is 2.27. The molecule has 2 aliphatic rings. The second kappa shape index (κ2) is 13.2. The zero-order valence-corrected chi connectivity index (χ0v) is 25.5. The average Bonchev–Trinajstić information content (AvgIpc) is 3.34. The van der Waals surface area contributed by atoms with Crippen molar-refractivity contribution in [1.82, 2.24) is 14.5 Å². The highest BCUT2D eigenvalue weighted by atomic mass is 31.0. The number of benzene rings is 3. The number of methoxy groups -OCH3 is 1. The zero-order valence-electron chi connectivity index (χ0n) is 24.3. The lowest BCUT2D eigenvalue weighted by molar-refractivity contribution is -0.0592. The third-order valence-corrected chi connectivity index (χ3v) is 8.68. The van der Waals surface area contributed by atoms with Crippen molar-refractivity contribution in [3.8, 4) is 23.8 Å². The van der Waals surface area contributed by atoms with Crippen molar-refractivity contribution >= 4 is 31.5 Å². The molecule has 1 aromatic heterocycles. The minimum Gasteiger partial charge on any atom is -0.490 e. The molecule has 6 rings (SSSR count). The van der Waals surface area contributed by atoms with Crippen molar-refractivity contribution in [2.75, 3.05) is 26.8 Å². The van der Waals surface area contributed by atoms with Crippen LogP contribution in [0.25, 0.3) is 11.0 Å². The highest BCUT2D eigenvalue weighted by molar-refractivity contribution is 7.27. The van der Waals surface area contributed by atoms with Gasteiger partial charge in [0.25, 0.3) is 0 Å². The first-order chi connectivity index (χ1) is 21.0. The Bertz CT molecular complexity index is 1650. The van der Waals surface area contributed by atoms with Crippen LogP contribution in [0.4, 0.5) is 0 Å². The summed E-state index contributed by atoms with van der Waals surface area (Å²) in [5.74, 6) is 4.88. The van der Waals surface area contributed by atoms with E-state index in [1.165, 1.54) is 7.11 Å². The molecule has 2 aliphatic heterocycles. The number of carbonyl (C=O) groups is 1. The Morgan fingerprint density at radius 3 is 2.63 bits per heavy atom. The molecule has 0 bridgehead atoms. The molecule has 0 radical (unpaired) electrons. The maximum absolute atomic E-state index is 12.2. The number of esters is 1. The molecule has 222 valence electrons. The molecule has 4 aromatic rings. The van der Waals surface area contributed by atoms with Crippen molar-refractivity contribution in [2.24, 2.45) is 0 Å². The van der Waals surface area contributed by atoms with Gasteiger partial charge >= 0.3 is 5.97 Å². The zero-order chi connectivity index (χ0) is 29.8. The van der Waals surface area contributed by atoms with E-state index in [0.717, 1.165) is 96.8 Å². The number of imidazole rings is 1. The number of carbonyl (C=O) groups excluding carboxylic acids is 1. The lowest BCUT2D eigenvalue weighted by Crippen LogP contribution is -2.39. The quantitative estimate of drug-likeness (QED) is 0.149. The molecule has 0 N–H and O–H groups in total. The van der Waals surface area contributed by atoms with Gasteiger partial charge in [-0.2, -0.15) is 0 Å².